The quantitative estimate of drug-likeness (QED) is 0.181. The first-order valence-corrected chi connectivity index (χ1v) is 19.8. The van der Waals surface area contributed by atoms with Crippen LogP contribution in [-0.4, -0.2) is 15.0 Å². The smallest absolute Gasteiger partial charge is 0.164 e. The zero-order valence-electron chi connectivity index (χ0n) is 30.3. The van der Waals surface area contributed by atoms with Gasteiger partial charge in [0.15, 0.2) is 17.5 Å². The largest absolute Gasteiger partial charge is 0.208 e. The minimum Gasteiger partial charge on any atom is -0.208 e. The second kappa shape index (κ2) is 13.2. The van der Waals surface area contributed by atoms with Crippen molar-refractivity contribution in [1.82, 2.24) is 15.0 Å². The van der Waals surface area contributed by atoms with E-state index in [4.69, 9.17) is 15.0 Å². The SMILES string of the molecule is c1ccc(-c2ccc(-c3nc(-c4ccccc4)nc(-c4ccc5c(c4)C4(c6ccccc6Sc6ccccc64)c4ccccc4-c4ccccc4-5)n3)cc2)cc1. The molecule has 1 aliphatic heterocycles. The molecular formula is C52H33N3S. The van der Waals surface area contributed by atoms with E-state index in [9.17, 15) is 0 Å². The summed E-state index contributed by atoms with van der Waals surface area (Å²) in [6.45, 7) is 0. The molecule has 9 aromatic rings. The summed E-state index contributed by atoms with van der Waals surface area (Å²) in [5.74, 6) is 1.91. The molecule has 0 saturated heterocycles. The van der Waals surface area contributed by atoms with E-state index in [1.807, 2.05) is 36.0 Å². The summed E-state index contributed by atoms with van der Waals surface area (Å²) in [5.41, 5.74) is 14.4. The van der Waals surface area contributed by atoms with Crippen molar-refractivity contribution in [1.29, 1.82) is 0 Å². The lowest BCUT2D eigenvalue weighted by Gasteiger charge is -2.42. The Hall–Kier alpha value is -6.88. The van der Waals surface area contributed by atoms with Crippen molar-refractivity contribution in [3.63, 3.8) is 0 Å². The average molecular weight is 732 g/mol. The van der Waals surface area contributed by atoms with Crippen LogP contribution in [0.4, 0.5) is 0 Å². The molecule has 2 aliphatic rings. The van der Waals surface area contributed by atoms with Crippen molar-refractivity contribution in [3.05, 3.63) is 222 Å². The highest BCUT2D eigenvalue weighted by molar-refractivity contribution is 7.99. The van der Waals surface area contributed by atoms with Crippen LogP contribution >= 0.6 is 11.8 Å². The summed E-state index contributed by atoms with van der Waals surface area (Å²) in [7, 11) is 0. The molecule has 56 heavy (non-hydrogen) atoms. The van der Waals surface area contributed by atoms with Crippen LogP contribution in [0.1, 0.15) is 22.3 Å². The molecule has 1 aliphatic carbocycles. The maximum absolute atomic E-state index is 5.26. The highest BCUT2D eigenvalue weighted by Crippen LogP contribution is 2.61. The van der Waals surface area contributed by atoms with Crippen LogP contribution in [0.15, 0.2) is 210 Å². The normalized spacial score (nSPS) is 13.1. The lowest BCUT2D eigenvalue weighted by Crippen LogP contribution is -2.34. The highest BCUT2D eigenvalue weighted by Gasteiger charge is 2.48. The predicted octanol–water partition coefficient (Wildman–Crippen LogP) is 13.0. The lowest BCUT2D eigenvalue weighted by molar-refractivity contribution is 0.708. The molecule has 262 valence electrons. The van der Waals surface area contributed by atoms with Gasteiger partial charge in [-0.05, 0) is 73.8 Å². The Morgan fingerprint density at radius 3 is 1.29 bits per heavy atom. The van der Waals surface area contributed by atoms with Gasteiger partial charge in [-0.2, -0.15) is 0 Å². The first kappa shape index (κ1) is 32.5. The second-order valence-corrected chi connectivity index (χ2v) is 15.4. The molecule has 2 heterocycles. The third-order valence-corrected chi connectivity index (χ3v) is 12.4. The van der Waals surface area contributed by atoms with Gasteiger partial charge in [0, 0.05) is 26.5 Å². The van der Waals surface area contributed by atoms with E-state index >= 15 is 0 Å². The monoisotopic (exact) mass is 731 g/mol. The summed E-state index contributed by atoms with van der Waals surface area (Å²) >= 11 is 1.86. The average Bonchev–Trinajstić information content (AvgIpc) is 3.38. The van der Waals surface area contributed by atoms with Crippen LogP contribution in [0.5, 0.6) is 0 Å². The van der Waals surface area contributed by atoms with Gasteiger partial charge in [-0.1, -0.05) is 194 Å². The highest BCUT2D eigenvalue weighted by atomic mass is 32.2. The predicted molar refractivity (Wildman–Crippen MR) is 228 cm³/mol. The second-order valence-electron chi connectivity index (χ2n) is 14.3. The number of aromatic nitrogens is 3. The van der Waals surface area contributed by atoms with Crippen molar-refractivity contribution < 1.29 is 0 Å². The molecule has 1 aromatic heterocycles. The number of rotatable bonds is 4. The van der Waals surface area contributed by atoms with Gasteiger partial charge in [-0.3, -0.25) is 0 Å². The van der Waals surface area contributed by atoms with Crippen LogP contribution < -0.4 is 0 Å². The molecule has 0 radical (unpaired) electrons. The zero-order valence-corrected chi connectivity index (χ0v) is 31.1. The Morgan fingerprint density at radius 1 is 0.286 bits per heavy atom. The number of fused-ring (bicyclic) bond motifs is 11. The molecule has 8 aromatic carbocycles. The first-order chi connectivity index (χ1) is 27.8. The zero-order chi connectivity index (χ0) is 37.1. The molecule has 0 amide bonds. The molecule has 4 heteroatoms. The maximum atomic E-state index is 5.26. The standard InChI is InChI=1S/C52H33N3S/c1-3-15-34(16-4-1)35-27-29-37(30-28-35)50-53-49(36-17-5-2-6-18-36)54-51(55-50)38-31-32-42-40-20-8-7-19-39(40)41-21-9-10-22-43(41)52(46(42)33-38)44-23-11-13-25-47(44)56-48-26-14-12-24-45(48)52/h1-33H. The van der Waals surface area contributed by atoms with E-state index < -0.39 is 5.41 Å². The third-order valence-electron chi connectivity index (χ3n) is 11.2. The third kappa shape index (κ3) is 5.10. The Bertz CT molecular complexity index is 2890. The summed E-state index contributed by atoms with van der Waals surface area (Å²) < 4.78 is 0. The molecule has 3 nitrogen and oxygen atoms in total. The fourth-order valence-corrected chi connectivity index (χ4v) is 9.93. The van der Waals surface area contributed by atoms with E-state index in [0.717, 1.165) is 22.3 Å². The van der Waals surface area contributed by atoms with Crippen LogP contribution in [0, 0.1) is 0 Å². The summed E-state index contributed by atoms with van der Waals surface area (Å²) in [6.07, 6.45) is 0. The van der Waals surface area contributed by atoms with Gasteiger partial charge in [-0.15, -0.1) is 0 Å². The minimum atomic E-state index is -0.620. The topological polar surface area (TPSA) is 38.7 Å². The van der Waals surface area contributed by atoms with E-state index in [0.29, 0.717) is 17.5 Å². The molecule has 0 atom stereocenters. The molecule has 0 bridgehead atoms. The molecule has 0 unspecified atom stereocenters. The van der Waals surface area contributed by atoms with Crippen LogP contribution in [0.2, 0.25) is 0 Å². The Morgan fingerprint density at radius 2 is 0.679 bits per heavy atom. The van der Waals surface area contributed by atoms with Crippen molar-refractivity contribution in [2.24, 2.45) is 0 Å². The van der Waals surface area contributed by atoms with Crippen molar-refractivity contribution in [3.8, 4) is 67.5 Å². The van der Waals surface area contributed by atoms with Gasteiger partial charge >= 0.3 is 0 Å². The van der Waals surface area contributed by atoms with Gasteiger partial charge in [0.25, 0.3) is 0 Å². The van der Waals surface area contributed by atoms with Crippen LogP contribution in [0.3, 0.4) is 0 Å². The van der Waals surface area contributed by atoms with Crippen molar-refractivity contribution in [2.75, 3.05) is 0 Å². The summed E-state index contributed by atoms with van der Waals surface area (Å²) in [6, 6.07) is 71.8. The molecule has 0 saturated carbocycles. The molecular weight excluding hydrogens is 699 g/mol. The molecule has 0 fully saturated rings. The first-order valence-electron chi connectivity index (χ1n) is 18.9. The molecule has 1 spiro atoms. The van der Waals surface area contributed by atoms with Crippen molar-refractivity contribution in [2.45, 2.75) is 15.2 Å². The Balaban J connectivity index is 1.19. The van der Waals surface area contributed by atoms with Gasteiger partial charge in [0.05, 0.1) is 5.41 Å². The van der Waals surface area contributed by atoms with Gasteiger partial charge < -0.3 is 0 Å². The van der Waals surface area contributed by atoms with E-state index in [1.54, 1.807) is 0 Å². The van der Waals surface area contributed by atoms with Crippen LogP contribution in [0.25, 0.3) is 67.5 Å². The number of benzene rings is 8. The summed E-state index contributed by atoms with van der Waals surface area (Å²) in [4.78, 5) is 18.1. The molecule has 0 N–H and O–H groups in total. The Labute approximate surface area is 330 Å². The Kier molecular flexibility index (Phi) is 7.64. The van der Waals surface area contributed by atoms with E-state index in [1.165, 1.54) is 59.9 Å². The van der Waals surface area contributed by atoms with Gasteiger partial charge in [-0.25, -0.2) is 15.0 Å². The number of hydrogen-bond acceptors (Lipinski definition) is 4. The van der Waals surface area contributed by atoms with E-state index in [2.05, 4.69) is 176 Å². The lowest BCUT2D eigenvalue weighted by atomic mass is 9.63. The van der Waals surface area contributed by atoms with Crippen molar-refractivity contribution >= 4 is 11.8 Å². The van der Waals surface area contributed by atoms with E-state index in [-0.39, 0.29) is 0 Å². The van der Waals surface area contributed by atoms with Gasteiger partial charge in [0.2, 0.25) is 0 Å². The fraction of sp³-hybridized carbons (Fsp3) is 0.0192. The minimum absolute atomic E-state index is 0.620. The van der Waals surface area contributed by atoms with Crippen LogP contribution in [-0.2, 0) is 5.41 Å². The number of nitrogens with zero attached hydrogens (tertiary/aromatic N) is 3. The van der Waals surface area contributed by atoms with Gasteiger partial charge in [0.1, 0.15) is 0 Å². The fourth-order valence-electron chi connectivity index (χ4n) is 8.74. The number of hydrogen-bond donors (Lipinski definition) is 0. The maximum Gasteiger partial charge on any atom is 0.164 e. The summed E-state index contributed by atoms with van der Waals surface area (Å²) in [5, 5.41) is 0. The molecule has 11 rings (SSSR count).